The molecular weight excluding hydrogens is 364 g/mol. The lowest BCUT2D eigenvalue weighted by molar-refractivity contribution is 0.0926. The fraction of sp³-hybridized carbons (Fsp3) is 0.261. The SMILES string of the molecule is O=C(NCCn1nc(-c2ccccn2)c2c1CCCC2)c1cc2ccccc2o1. The van der Waals surface area contributed by atoms with Crippen molar-refractivity contribution >= 4 is 16.9 Å². The van der Waals surface area contributed by atoms with Crippen LogP contribution in [0.25, 0.3) is 22.4 Å². The summed E-state index contributed by atoms with van der Waals surface area (Å²) >= 11 is 0. The van der Waals surface area contributed by atoms with Gasteiger partial charge in [-0.3, -0.25) is 14.5 Å². The summed E-state index contributed by atoms with van der Waals surface area (Å²) in [5.74, 6) is 0.134. The minimum Gasteiger partial charge on any atom is -0.451 e. The van der Waals surface area contributed by atoms with Crippen molar-refractivity contribution in [2.45, 2.75) is 32.2 Å². The monoisotopic (exact) mass is 386 g/mol. The van der Waals surface area contributed by atoms with Crippen LogP contribution in [-0.4, -0.2) is 27.2 Å². The quantitative estimate of drug-likeness (QED) is 0.563. The van der Waals surface area contributed by atoms with Crippen LogP contribution in [0.15, 0.2) is 59.1 Å². The molecule has 1 aliphatic rings. The molecule has 0 saturated heterocycles. The molecule has 4 aromatic rings. The Bertz CT molecular complexity index is 1130. The van der Waals surface area contributed by atoms with Gasteiger partial charge in [0.15, 0.2) is 5.76 Å². The van der Waals surface area contributed by atoms with Gasteiger partial charge < -0.3 is 9.73 Å². The summed E-state index contributed by atoms with van der Waals surface area (Å²) in [7, 11) is 0. The third-order valence-corrected chi connectivity index (χ3v) is 5.42. The van der Waals surface area contributed by atoms with Crippen LogP contribution >= 0.6 is 0 Å². The number of benzene rings is 1. The number of para-hydroxylation sites is 1. The number of nitrogens with zero attached hydrogens (tertiary/aromatic N) is 3. The lowest BCUT2D eigenvalue weighted by Gasteiger charge is -2.14. The largest absolute Gasteiger partial charge is 0.451 e. The van der Waals surface area contributed by atoms with Crippen LogP contribution in [0.5, 0.6) is 0 Å². The van der Waals surface area contributed by atoms with Crippen molar-refractivity contribution in [3.05, 3.63) is 71.7 Å². The molecular formula is C23H22N4O2. The fourth-order valence-electron chi connectivity index (χ4n) is 4.02. The summed E-state index contributed by atoms with van der Waals surface area (Å²) < 4.78 is 7.68. The van der Waals surface area contributed by atoms with Crippen LogP contribution < -0.4 is 5.32 Å². The van der Waals surface area contributed by atoms with E-state index in [1.165, 1.54) is 24.1 Å². The summed E-state index contributed by atoms with van der Waals surface area (Å²) in [6, 6.07) is 15.3. The number of furan rings is 1. The number of fused-ring (bicyclic) bond motifs is 2. The Kier molecular flexibility index (Phi) is 4.60. The molecule has 0 spiro atoms. The van der Waals surface area contributed by atoms with Crippen molar-refractivity contribution in [1.82, 2.24) is 20.1 Å². The maximum absolute atomic E-state index is 12.5. The van der Waals surface area contributed by atoms with Gasteiger partial charge in [0.25, 0.3) is 5.91 Å². The molecule has 6 heteroatoms. The molecule has 0 fully saturated rings. The van der Waals surface area contributed by atoms with Gasteiger partial charge in [-0.1, -0.05) is 24.3 Å². The molecule has 1 N–H and O–H groups in total. The van der Waals surface area contributed by atoms with E-state index in [0.29, 0.717) is 18.8 Å². The predicted octanol–water partition coefficient (Wildman–Crippen LogP) is 4.00. The van der Waals surface area contributed by atoms with E-state index in [4.69, 9.17) is 9.52 Å². The molecule has 0 atom stereocenters. The molecule has 146 valence electrons. The van der Waals surface area contributed by atoms with Crippen LogP contribution in [0, 0.1) is 0 Å². The third kappa shape index (κ3) is 3.42. The Morgan fingerprint density at radius 1 is 1.10 bits per heavy atom. The van der Waals surface area contributed by atoms with E-state index in [-0.39, 0.29) is 5.91 Å². The zero-order chi connectivity index (χ0) is 19.6. The number of carbonyl (C=O) groups is 1. The van der Waals surface area contributed by atoms with Gasteiger partial charge in [-0.15, -0.1) is 0 Å². The lowest BCUT2D eigenvalue weighted by Crippen LogP contribution is -2.27. The van der Waals surface area contributed by atoms with E-state index in [0.717, 1.165) is 35.2 Å². The van der Waals surface area contributed by atoms with Gasteiger partial charge in [0.05, 0.1) is 12.2 Å². The molecule has 0 aliphatic heterocycles. The predicted molar refractivity (Wildman–Crippen MR) is 111 cm³/mol. The smallest absolute Gasteiger partial charge is 0.287 e. The summed E-state index contributed by atoms with van der Waals surface area (Å²) in [4.78, 5) is 17.0. The summed E-state index contributed by atoms with van der Waals surface area (Å²) in [6.45, 7) is 1.12. The van der Waals surface area contributed by atoms with Gasteiger partial charge in [-0.2, -0.15) is 5.10 Å². The minimum atomic E-state index is -0.202. The average molecular weight is 386 g/mol. The molecule has 3 heterocycles. The van der Waals surface area contributed by atoms with Crippen molar-refractivity contribution in [2.75, 3.05) is 6.54 Å². The Morgan fingerprint density at radius 3 is 2.83 bits per heavy atom. The zero-order valence-electron chi connectivity index (χ0n) is 16.1. The van der Waals surface area contributed by atoms with Gasteiger partial charge in [0.1, 0.15) is 11.3 Å². The molecule has 6 nitrogen and oxygen atoms in total. The Labute approximate surface area is 168 Å². The molecule has 0 radical (unpaired) electrons. The average Bonchev–Trinajstić information content (AvgIpc) is 3.36. The first-order chi connectivity index (χ1) is 14.3. The second-order valence-corrected chi connectivity index (χ2v) is 7.32. The highest BCUT2D eigenvalue weighted by Gasteiger charge is 2.22. The molecule has 0 bridgehead atoms. The van der Waals surface area contributed by atoms with Crippen molar-refractivity contribution in [2.24, 2.45) is 0 Å². The lowest BCUT2D eigenvalue weighted by atomic mass is 9.95. The second kappa shape index (κ2) is 7.54. The van der Waals surface area contributed by atoms with E-state index in [9.17, 15) is 4.79 Å². The van der Waals surface area contributed by atoms with Crippen molar-refractivity contribution in [3.8, 4) is 11.4 Å². The first-order valence-electron chi connectivity index (χ1n) is 10.1. The van der Waals surface area contributed by atoms with Gasteiger partial charge >= 0.3 is 0 Å². The summed E-state index contributed by atoms with van der Waals surface area (Å²) in [5.41, 5.74) is 5.19. The fourth-order valence-corrected chi connectivity index (χ4v) is 4.02. The zero-order valence-corrected chi connectivity index (χ0v) is 16.1. The second-order valence-electron chi connectivity index (χ2n) is 7.32. The molecule has 0 saturated carbocycles. The Morgan fingerprint density at radius 2 is 1.97 bits per heavy atom. The molecule has 1 aliphatic carbocycles. The first-order valence-corrected chi connectivity index (χ1v) is 10.1. The highest BCUT2D eigenvalue weighted by molar-refractivity contribution is 5.96. The number of pyridine rings is 1. The molecule has 1 amide bonds. The molecule has 29 heavy (non-hydrogen) atoms. The number of hydrogen-bond donors (Lipinski definition) is 1. The van der Waals surface area contributed by atoms with Crippen LogP contribution in [0.1, 0.15) is 34.7 Å². The Balaban J connectivity index is 1.32. The van der Waals surface area contributed by atoms with Crippen molar-refractivity contribution < 1.29 is 9.21 Å². The maximum Gasteiger partial charge on any atom is 0.287 e. The Hall–Kier alpha value is -3.41. The third-order valence-electron chi connectivity index (χ3n) is 5.42. The minimum absolute atomic E-state index is 0.202. The standard InChI is InChI=1S/C23H22N4O2/c28-23(21-15-16-7-1-4-11-20(16)29-21)25-13-14-27-19-10-3-2-8-17(19)22(26-27)18-9-5-6-12-24-18/h1,4-7,9,11-12,15H,2-3,8,10,13-14H2,(H,25,28). The topological polar surface area (TPSA) is 73.0 Å². The van der Waals surface area contributed by atoms with E-state index >= 15 is 0 Å². The summed E-state index contributed by atoms with van der Waals surface area (Å²) in [5, 5.41) is 8.73. The number of rotatable bonds is 5. The van der Waals surface area contributed by atoms with Crippen molar-refractivity contribution in [3.63, 3.8) is 0 Å². The van der Waals surface area contributed by atoms with E-state index in [1.807, 2.05) is 47.1 Å². The number of nitrogens with one attached hydrogen (secondary N) is 1. The molecule has 0 unspecified atom stereocenters. The number of carbonyl (C=O) groups excluding carboxylic acids is 1. The number of amides is 1. The van der Waals surface area contributed by atoms with Crippen molar-refractivity contribution in [1.29, 1.82) is 0 Å². The van der Waals surface area contributed by atoms with E-state index in [1.54, 1.807) is 12.3 Å². The summed E-state index contributed by atoms with van der Waals surface area (Å²) in [6.07, 6.45) is 6.21. The first kappa shape index (κ1) is 17.7. The van der Waals surface area contributed by atoms with Crippen LogP contribution in [-0.2, 0) is 19.4 Å². The normalized spacial score (nSPS) is 13.4. The van der Waals surface area contributed by atoms with E-state index in [2.05, 4.69) is 10.3 Å². The number of aromatic nitrogens is 3. The van der Waals surface area contributed by atoms with Gasteiger partial charge in [-0.25, -0.2) is 0 Å². The van der Waals surface area contributed by atoms with E-state index < -0.39 is 0 Å². The molecule has 5 rings (SSSR count). The van der Waals surface area contributed by atoms with Crippen LogP contribution in [0.2, 0.25) is 0 Å². The van der Waals surface area contributed by atoms with Gasteiger partial charge in [0, 0.05) is 29.4 Å². The van der Waals surface area contributed by atoms with Gasteiger partial charge in [-0.05, 0) is 49.9 Å². The maximum atomic E-state index is 12.5. The van der Waals surface area contributed by atoms with Gasteiger partial charge in [0.2, 0.25) is 0 Å². The van der Waals surface area contributed by atoms with Crippen LogP contribution in [0.4, 0.5) is 0 Å². The number of hydrogen-bond acceptors (Lipinski definition) is 4. The highest BCUT2D eigenvalue weighted by Crippen LogP contribution is 2.30. The molecule has 1 aromatic carbocycles. The molecule has 3 aromatic heterocycles. The highest BCUT2D eigenvalue weighted by atomic mass is 16.3. The van der Waals surface area contributed by atoms with Crippen LogP contribution in [0.3, 0.4) is 0 Å².